The third-order valence-corrected chi connectivity index (χ3v) is 9.11. The molecule has 6 heteroatoms. The molecule has 0 atom stereocenters. The monoisotopic (exact) mass is 678 g/mol. The van der Waals surface area contributed by atoms with Crippen LogP contribution in [0.3, 0.4) is 0 Å². The summed E-state index contributed by atoms with van der Waals surface area (Å²) in [6.07, 6.45) is 1.12. The fourth-order valence-corrected chi connectivity index (χ4v) is 6.84. The Labute approximate surface area is 220 Å². The van der Waals surface area contributed by atoms with Crippen LogP contribution in [0.2, 0.25) is 0 Å². The summed E-state index contributed by atoms with van der Waals surface area (Å²) in [7, 11) is 0. The Balaban J connectivity index is 0.000000187. The average Bonchev–Trinajstić information content (AvgIpc) is 2.86. The van der Waals surface area contributed by atoms with E-state index in [-0.39, 0.29) is 42.4 Å². The Bertz CT molecular complexity index is 966. The minimum absolute atomic E-state index is 0.0287. The van der Waals surface area contributed by atoms with Crippen molar-refractivity contribution in [2.75, 3.05) is 0 Å². The molecule has 176 valence electrons. The molecule has 0 aliphatic carbocycles. The van der Waals surface area contributed by atoms with Crippen molar-refractivity contribution in [3.63, 3.8) is 0 Å². The quantitative estimate of drug-likeness (QED) is 0.210. The van der Waals surface area contributed by atoms with Gasteiger partial charge in [0.2, 0.25) is 0 Å². The molecule has 0 aromatic heterocycles. The summed E-state index contributed by atoms with van der Waals surface area (Å²) in [6.45, 7) is 0. The molecule has 0 fully saturated rings. The molecule has 4 nitrogen and oxygen atoms in total. The van der Waals surface area contributed by atoms with E-state index in [1.54, 1.807) is 0 Å². The van der Waals surface area contributed by atoms with Gasteiger partial charge >= 0.3 is 190 Å². The fourth-order valence-electron chi connectivity index (χ4n) is 2.31. The Kier molecular flexibility index (Phi) is 13.3. The van der Waals surface area contributed by atoms with Gasteiger partial charge in [-0.1, -0.05) is 0 Å². The van der Waals surface area contributed by atoms with Crippen LogP contribution in [0.4, 0.5) is 0 Å². The van der Waals surface area contributed by atoms with Gasteiger partial charge in [0.1, 0.15) is 0 Å². The molecule has 0 spiro atoms. The standard InChI is InChI=1S/2C12H10I.C4H4O4/c2*1-3-7-11(8-4-1)13-12-9-5-2-6-10-12;5-3(6)1-2-4(7)8/h2*1-10H;1-2H,(H,5,6)(H,7,8)/q2*-1;/b;;2-1+. The fraction of sp³-hybridized carbons (Fsp3) is 0. The Morgan fingerprint density at radius 2 is 0.647 bits per heavy atom. The van der Waals surface area contributed by atoms with Gasteiger partial charge in [0.05, 0.1) is 0 Å². The number of carboxylic acids is 2. The first kappa shape index (κ1) is 27.3. The number of aliphatic carboxylic acids is 2. The van der Waals surface area contributed by atoms with E-state index >= 15 is 0 Å². The van der Waals surface area contributed by atoms with E-state index in [1.807, 2.05) is 0 Å². The number of halogens is 2. The molecule has 4 rings (SSSR count). The summed E-state index contributed by atoms with van der Waals surface area (Å²) >= 11 is 0.0574. The first-order valence-electron chi connectivity index (χ1n) is 10.2. The number of hydrogen-bond donors (Lipinski definition) is 2. The molecule has 0 aliphatic rings. The van der Waals surface area contributed by atoms with E-state index < -0.39 is 11.9 Å². The molecule has 0 heterocycles. The first-order chi connectivity index (χ1) is 16.5. The number of carboxylic acid groups (broad SMARTS) is 2. The van der Waals surface area contributed by atoms with Gasteiger partial charge in [-0.2, -0.15) is 0 Å². The number of rotatable bonds is 6. The van der Waals surface area contributed by atoms with Crippen LogP contribution >= 0.6 is 0 Å². The van der Waals surface area contributed by atoms with Crippen LogP contribution in [-0.2, 0) is 9.59 Å². The van der Waals surface area contributed by atoms with Crippen molar-refractivity contribution >= 4 is 11.9 Å². The summed E-state index contributed by atoms with van der Waals surface area (Å²) in [4.78, 5) is 19.1. The van der Waals surface area contributed by atoms with Crippen molar-refractivity contribution < 1.29 is 62.2 Å². The predicted octanol–water partition coefficient (Wildman–Crippen LogP) is -0.658. The summed E-state index contributed by atoms with van der Waals surface area (Å²) < 4.78 is 5.92. The minimum atomic E-state index is -1.26. The van der Waals surface area contributed by atoms with Crippen molar-refractivity contribution in [2.45, 2.75) is 0 Å². The SMILES string of the molecule is O=C(O)/C=C/C(=O)O.c1ccc([I-]c2ccccc2)cc1.c1ccc([I-]c2ccccc2)cc1. The van der Waals surface area contributed by atoms with E-state index in [0.29, 0.717) is 12.2 Å². The van der Waals surface area contributed by atoms with E-state index in [4.69, 9.17) is 10.2 Å². The van der Waals surface area contributed by atoms with Crippen LogP contribution in [-0.4, -0.2) is 22.2 Å². The van der Waals surface area contributed by atoms with Crippen molar-refractivity contribution in [3.8, 4) is 0 Å². The summed E-state index contributed by atoms with van der Waals surface area (Å²) in [5.74, 6) is -2.51. The van der Waals surface area contributed by atoms with Crippen LogP contribution in [0.15, 0.2) is 133 Å². The predicted molar refractivity (Wildman–Crippen MR) is 125 cm³/mol. The first-order valence-corrected chi connectivity index (χ1v) is 14.5. The Morgan fingerprint density at radius 1 is 0.441 bits per heavy atom. The van der Waals surface area contributed by atoms with Gasteiger partial charge in [0.15, 0.2) is 0 Å². The van der Waals surface area contributed by atoms with Crippen LogP contribution in [0, 0.1) is 14.3 Å². The molecule has 0 bridgehead atoms. The number of hydrogen-bond acceptors (Lipinski definition) is 2. The topological polar surface area (TPSA) is 74.6 Å². The Hall–Kier alpha value is -2.98. The number of carbonyl (C=O) groups is 2. The van der Waals surface area contributed by atoms with Crippen LogP contribution in [0.1, 0.15) is 0 Å². The molecule has 34 heavy (non-hydrogen) atoms. The van der Waals surface area contributed by atoms with Gasteiger partial charge < -0.3 is 10.2 Å². The van der Waals surface area contributed by atoms with Crippen molar-refractivity contribution in [2.24, 2.45) is 0 Å². The molecule has 0 unspecified atom stereocenters. The summed E-state index contributed by atoms with van der Waals surface area (Å²) in [5.41, 5.74) is 0. The van der Waals surface area contributed by atoms with E-state index in [1.165, 1.54) is 14.3 Å². The maximum atomic E-state index is 9.55. The van der Waals surface area contributed by atoms with Crippen molar-refractivity contribution in [1.29, 1.82) is 0 Å². The zero-order valence-corrected chi connectivity index (χ0v) is 22.5. The van der Waals surface area contributed by atoms with E-state index in [0.717, 1.165) is 0 Å². The molecule has 4 aromatic rings. The van der Waals surface area contributed by atoms with E-state index in [2.05, 4.69) is 121 Å². The summed E-state index contributed by atoms with van der Waals surface area (Å²) in [5, 5.41) is 15.6. The van der Waals surface area contributed by atoms with Crippen molar-refractivity contribution in [1.82, 2.24) is 0 Å². The molecule has 0 radical (unpaired) electrons. The molecule has 2 N–H and O–H groups in total. The molecule has 4 aromatic carbocycles. The molecule has 0 saturated carbocycles. The zero-order chi connectivity index (χ0) is 24.4. The van der Waals surface area contributed by atoms with Crippen LogP contribution < -0.4 is 42.4 Å². The van der Waals surface area contributed by atoms with Gasteiger partial charge in [-0.25, -0.2) is 9.59 Å². The molecular formula is C28H24I2O4-2. The second-order valence-electron chi connectivity index (χ2n) is 6.38. The third kappa shape index (κ3) is 12.9. The van der Waals surface area contributed by atoms with Crippen LogP contribution in [0.5, 0.6) is 0 Å². The molecule has 0 saturated heterocycles. The van der Waals surface area contributed by atoms with Gasteiger partial charge in [-0.05, 0) is 0 Å². The number of benzene rings is 4. The summed E-state index contributed by atoms with van der Waals surface area (Å²) in [6, 6.07) is 42.8. The van der Waals surface area contributed by atoms with Gasteiger partial charge in [-0.15, -0.1) is 0 Å². The average molecular weight is 678 g/mol. The molecule has 0 aliphatic heterocycles. The second-order valence-corrected chi connectivity index (χ2v) is 12.4. The second kappa shape index (κ2) is 16.6. The van der Waals surface area contributed by atoms with Gasteiger partial charge in [0, 0.05) is 12.2 Å². The van der Waals surface area contributed by atoms with Crippen LogP contribution in [0.25, 0.3) is 0 Å². The normalized spacial score (nSPS) is 10.0. The Morgan fingerprint density at radius 3 is 0.824 bits per heavy atom. The van der Waals surface area contributed by atoms with Crippen molar-refractivity contribution in [3.05, 3.63) is 148 Å². The zero-order valence-electron chi connectivity index (χ0n) is 18.2. The van der Waals surface area contributed by atoms with Gasteiger partial charge in [0.25, 0.3) is 0 Å². The molecular weight excluding hydrogens is 654 g/mol. The van der Waals surface area contributed by atoms with E-state index in [9.17, 15) is 9.59 Å². The third-order valence-electron chi connectivity index (χ3n) is 3.74. The molecule has 0 amide bonds. The van der Waals surface area contributed by atoms with Gasteiger partial charge in [-0.3, -0.25) is 0 Å². The maximum absolute atomic E-state index is 9.55.